The number of hydrogen-bond donors (Lipinski definition) is 0. The summed E-state index contributed by atoms with van der Waals surface area (Å²) in [6, 6.07) is 34.5. The van der Waals surface area contributed by atoms with Crippen molar-refractivity contribution in [2.45, 2.75) is 146 Å². The number of rotatable bonds is 6. The molecule has 0 nitrogen and oxygen atoms in total. The van der Waals surface area contributed by atoms with Gasteiger partial charge in [0.05, 0.1) is 0 Å². The zero-order chi connectivity index (χ0) is 37.7. The molecule has 298 valence electrons. The van der Waals surface area contributed by atoms with Crippen molar-refractivity contribution in [3.8, 4) is 22.3 Å². The van der Waals surface area contributed by atoms with Gasteiger partial charge in [0.25, 0.3) is 0 Å². The predicted octanol–water partition coefficient (Wildman–Crippen LogP) is 9.90. The summed E-state index contributed by atoms with van der Waals surface area (Å²) in [7, 11) is 0. The predicted molar refractivity (Wildman–Crippen MR) is 232 cm³/mol. The van der Waals surface area contributed by atoms with E-state index in [-0.39, 0.29) is 35.6 Å². The molecule has 4 aromatic rings. The van der Waals surface area contributed by atoms with Gasteiger partial charge in [-0.25, -0.2) is 0 Å². The Bertz CT molecular complexity index is 2010. The van der Waals surface area contributed by atoms with Crippen molar-refractivity contribution in [1.82, 2.24) is 0 Å². The van der Waals surface area contributed by atoms with Crippen LogP contribution >= 0.6 is 0 Å². The van der Waals surface area contributed by atoms with Crippen LogP contribution in [0.1, 0.15) is 160 Å². The molecule has 0 N–H and O–H groups in total. The van der Waals surface area contributed by atoms with Crippen LogP contribution in [0.5, 0.6) is 0 Å². The smallest absolute Gasteiger partial charge is 1.00 e. The summed E-state index contributed by atoms with van der Waals surface area (Å²) in [5.41, 5.74) is 19.5. The van der Waals surface area contributed by atoms with E-state index in [1.54, 1.807) is 22.3 Å². The Hall–Kier alpha value is -2.35. The van der Waals surface area contributed by atoms with Crippen LogP contribution < -0.4 is 24.8 Å². The summed E-state index contributed by atoms with van der Waals surface area (Å²) < 4.78 is 3.41. The molecule has 1 saturated heterocycles. The molecule has 4 unspecified atom stereocenters. The fourth-order valence-corrected chi connectivity index (χ4v) is 27.5. The molecule has 4 aromatic carbocycles. The minimum absolute atomic E-state index is 0. The van der Waals surface area contributed by atoms with Gasteiger partial charge in [-0.15, -0.1) is 0 Å². The van der Waals surface area contributed by atoms with Crippen molar-refractivity contribution in [3.63, 3.8) is 0 Å². The number of halogens is 2. The maximum Gasteiger partial charge on any atom is -1.00 e. The maximum absolute atomic E-state index is 2.84. The Morgan fingerprint density at radius 2 is 0.789 bits per heavy atom. The number of allylic oxidation sites excluding steroid dienone is 2. The van der Waals surface area contributed by atoms with E-state index in [1.807, 2.05) is 11.1 Å². The Balaban J connectivity index is 0.00000228. The second kappa shape index (κ2) is 15.6. The average molecular weight is 832 g/mol. The van der Waals surface area contributed by atoms with Gasteiger partial charge in [0.1, 0.15) is 0 Å². The van der Waals surface area contributed by atoms with Gasteiger partial charge in [0.15, 0.2) is 0 Å². The molecule has 4 fully saturated rings. The zero-order valence-corrected chi connectivity index (χ0v) is 38.5. The van der Waals surface area contributed by atoms with Crippen LogP contribution in [0.3, 0.4) is 0 Å². The molecule has 5 aliphatic carbocycles. The van der Waals surface area contributed by atoms with Crippen molar-refractivity contribution >= 4 is 12.2 Å². The number of benzene rings is 4. The Kier molecular flexibility index (Phi) is 11.3. The van der Waals surface area contributed by atoms with E-state index < -0.39 is 16.6 Å². The third-order valence-corrected chi connectivity index (χ3v) is 26.6. The first kappa shape index (κ1) is 41.4. The van der Waals surface area contributed by atoms with E-state index in [0.29, 0.717) is 8.45 Å². The van der Waals surface area contributed by atoms with Crippen LogP contribution in [0.2, 0.25) is 8.45 Å². The van der Waals surface area contributed by atoms with Gasteiger partial charge >= 0.3 is 339 Å². The first-order valence-electron chi connectivity index (χ1n) is 22.5. The summed E-state index contributed by atoms with van der Waals surface area (Å²) in [6.45, 7) is 14.0. The first-order chi connectivity index (χ1) is 26.5. The van der Waals surface area contributed by atoms with Gasteiger partial charge in [-0.1, -0.05) is 0 Å². The van der Waals surface area contributed by atoms with Crippen LogP contribution in [0.15, 0.2) is 96.1 Å². The molecule has 0 spiro atoms. The van der Waals surface area contributed by atoms with Crippen molar-refractivity contribution in [2.75, 3.05) is 0 Å². The molecule has 6 aliphatic rings. The molecule has 1 heterocycles. The summed E-state index contributed by atoms with van der Waals surface area (Å²) >= 11 is -2.79. The van der Waals surface area contributed by atoms with Gasteiger partial charge in [-0.05, 0) is 0 Å². The van der Waals surface area contributed by atoms with E-state index in [2.05, 4.69) is 139 Å². The maximum atomic E-state index is 2.84. The summed E-state index contributed by atoms with van der Waals surface area (Å²) in [4.78, 5) is 0. The van der Waals surface area contributed by atoms with Crippen molar-refractivity contribution in [2.24, 2.45) is 11.8 Å². The molecule has 3 heteroatoms. The second-order valence-electron chi connectivity index (χ2n) is 20.9. The van der Waals surface area contributed by atoms with Crippen LogP contribution in [-0.2, 0) is 27.4 Å². The monoisotopic (exact) mass is 830 g/mol. The molecule has 4 atom stereocenters. The second-order valence-corrected chi connectivity index (χ2v) is 28.1. The zero-order valence-electron chi connectivity index (χ0n) is 35.4. The molecular weight excluding hydrogens is 767 g/mol. The largest absolute Gasteiger partial charge is 1.00 e. The molecule has 0 aromatic heterocycles. The average Bonchev–Trinajstić information content (AvgIpc) is 3.85. The SMILES string of the molecule is CC(C)(C)c1ccc(-c2cccc3c2C=C(C2CCCC2)[CH]3[Ti+2]2([CH]3C(C4CCCC4)=Cc4c(-c5ccc(C(C)(C)C)cc5)cccc43)[CH]3CCCC[CH]32)cc1.[Cl-].[Cl-]. The third kappa shape index (κ3) is 6.84. The van der Waals surface area contributed by atoms with E-state index in [1.165, 1.54) is 110 Å². The van der Waals surface area contributed by atoms with Gasteiger partial charge in [0, 0.05) is 0 Å². The molecule has 57 heavy (non-hydrogen) atoms. The molecule has 0 amide bonds. The topological polar surface area (TPSA) is 0 Å². The minimum atomic E-state index is -2.79. The minimum Gasteiger partial charge on any atom is -1.00 e. The van der Waals surface area contributed by atoms with Crippen molar-refractivity contribution in [1.29, 1.82) is 0 Å². The molecular formula is C54H64Cl2Ti. The van der Waals surface area contributed by atoms with E-state index in [0.717, 1.165) is 20.3 Å². The van der Waals surface area contributed by atoms with Crippen LogP contribution in [0.25, 0.3) is 34.4 Å². The van der Waals surface area contributed by atoms with E-state index >= 15 is 0 Å². The molecule has 0 bridgehead atoms. The van der Waals surface area contributed by atoms with Crippen LogP contribution in [-0.4, -0.2) is 0 Å². The van der Waals surface area contributed by atoms with Gasteiger partial charge < -0.3 is 24.8 Å². The molecule has 1 aliphatic heterocycles. The summed E-state index contributed by atoms with van der Waals surface area (Å²) in [5.74, 6) is 1.54. The normalized spacial score (nSPS) is 25.7. The summed E-state index contributed by atoms with van der Waals surface area (Å²) in [5, 5.41) is 0. The number of hydrogen-bond acceptors (Lipinski definition) is 0. The Morgan fingerprint density at radius 1 is 0.439 bits per heavy atom. The quantitative estimate of drug-likeness (QED) is 0.170. The number of fused-ring (bicyclic) bond motifs is 3. The Morgan fingerprint density at radius 3 is 1.14 bits per heavy atom. The fraction of sp³-hybridized carbons (Fsp3) is 0.481. The molecule has 3 saturated carbocycles. The van der Waals surface area contributed by atoms with E-state index in [9.17, 15) is 0 Å². The molecule has 0 radical (unpaired) electrons. The van der Waals surface area contributed by atoms with Crippen LogP contribution in [0.4, 0.5) is 0 Å². The van der Waals surface area contributed by atoms with Gasteiger partial charge in [-0.2, -0.15) is 0 Å². The fourth-order valence-electron chi connectivity index (χ4n) is 13.2. The van der Waals surface area contributed by atoms with Crippen LogP contribution in [0, 0.1) is 11.8 Å². The van der Waals surface area contributed by atoms with E-state index in [4.69, 9.17) is 0 Å². The first-order valence-corrected chi connectivity index (χ1v) is 26.1. The van der Waals surface area contributed by atoms with Crippen molar-refractivity contribution in [3.05, 3.63) is 129 Å². The molecule has 10 rings (SSSR count). The standard InChI is InChI=1S/2C24H27.C6H10.2ClH.Ti/c2*1-24(2,3)21-13-11-18(12-14-21)22-10-6-9-19-15-20(16-23(19)22)17-7-4-5-8-17;1-2-4-6-5-3-1;;;/h2*6,9-17H,4-5,7-8H2,1-3H3;1-2H,3-6H2;2*1H;/q;;;;;+2/p-2. The van der Waals surface area contributed by atoms with Crippen molar-refractivity contribution < 1.29 is 41.4 Å². The van der Waals surface area contributed by atoms with Gasteiger partial charge in [-0.3, -0.25) is 0 Å². The third-order valence-electron chi connectivity index (χ3n) is 15.9. The van der Waals surface area contributed by atoms with Gasteiger partial charge in [0.2, 0.25) is 0 Å². The summed E-state index contributed by atoms with van der Waals surface area (Å²) in [6.07, 6.45) is 22.9. The Labute approximate surface area is 361 Å².